The lowest BCUT2D eigenvalue weighted by Gasteiger charge is -2.52. The van der Waals surface area contributed by atoms with Gasteiger partial charge in [0.2, 0.25) is 0 Å². The minimum absolute atomic E-state index is 0.0217. The van der Waals surface area contributed by atoms with Gasteiger partial charge in [0.05, 0.1) is 17.6 Å². The van der Waals surface area contributed by atoms with Crippen LogP contribution >= 0.6 is 0 Å². The van der Waals surface area contributed by atoms with E-state index in [4.69, 9.17) is 9.47 Å². The molecule has 7 nitrogen and oxygen atoms in total. The summed E-state index contributed by atoms with van der Waals surface area (Å²) in [6.07, 6.45) is 2.67. The van der Waals surface area contributed by atoms with Gasteiger partial charge in [-0.25, -0.2) is 4.79 Å². The first kappa shape index (κ1) is 18.0. The second-order valence-corrected chi connectivity index (χ2v) is 7.78. The standard InChI is InChI=1S/C16H28N2O5/c1-14(2,3)23-13(21)18-10-15(11-18,8-12(19)20)17-9-16(22-4)6-5-7-16/h17H,5-11H2,1-4H3,(H,19,20). The van der Waals surface area contributed by atoms with Gasteiger partial charge in [0, 0.05) is 26.7 Å². The number of methoxy groups -OCH3 is 1. The highest BCUT2D eigenvalue weighted by Crippen LogP contribution is 2.36. The Morgan fingerprint density at radius 1 is 1.26 bits per heavy atom. The average Bonchev–Trinajstić information content (AvgIpc) is 2.30. The van der Waals surface area contributed by atoms with E-state index >= 15 is 0 Å². The van der Waals surface area contributed by atoms with E-state index in [-0.39, 0.29) is 12.0 Å². The summed E-state index contributed by atoms with van der Waals surface area (Å²) in [7, 11) is 1.69. The molecule has 1 aliphatic heterocycles. The molecule has 0 aromatic carbocycles. The molecule has 1 amide bonds. The van der Waals surface area contributed by atoms with Crippen LogP contribution in [0.3, 0.4) is 0 Å². The molecule has 0 aromatic heterocycles. The fourth-order valence-corrected chi connectivity index (χ4v) is 3.09. The Morgan fingerprint density at radius 2 is 1.87 bits per heavy atom. The lowest BCUT2D eigenvalue weighted by atomic mass is 9.78. The molecule has 132 valence electrons. The fraction of sp³-hybridized carbons (Fsp3) is 0.875. The number of nitrogens with one attached hydrogen (secondary N) is 1. The van der Waals surface area contributed by atoms with Gasteiger partial charge in [0.1, 0.15) is 5.60 Å². The van der Waals surface area contributed by atoms with Crippen molar-refractivity contribution in [2.75, 3.05) is 26.7 Å². The van der Waals surface area contributed by atoms with E-state index in [0.29, 0.717) is 19.6 Å². The minimum atomic E-state index is -0.874. The molecule has 0 aromatic rings. The predicted molar refractivity (Wildman–Crippen MR) is 84.4 cm³/mol. The van der Waals surface area contributed by atoms with Crippen LogP contribution in [0, 0.1) is 0 Å². The van der Waals surface area contributed by atoms with Crippen LogP contribution in [0.15, 0.2) is 0 Å². The number of amides is 1. The lowest BCUT2D eigenvalue weighted by Crippen LogP contribution is -2.73. The van der Waals surface area contributed by atoms with Gasteiger partial charge >= 0.3 is 12.1 Å². The van der Waals surface area contributed by atoms with Gasteiger partial charge in [-0.15, -0.1) is 0 Å². The van der Waals surface area contributed by atoms with Crippen molar-refractivity contribution in [3.05, 3.63) is 0 Å². The van der Waals surface area contributed by atoms with Crippen molar-refractivity contribution in [3.63, 3.8) is 0 Å². The van der Waals surface area contributed by atoms with Crippen molar-refractivity contribution in [1.82, 2.24) is 10.2 Å². The highest BCUT2D eigenvalue weighted by atomic mass is 16.6. The van der Waals surface area contributed by atoms with Crippen LogP contribution < -0.4 is 5.32 Å². The number of likely N-dealkylation sites (tertiary alicyclic amines) is 1. The zero-order chi connectivity index (χ0) is 17.3. The van der Waals surface area contributed by atoms with Gasteiger partial charge in [-0.2, -0.15) is 0 Å². The van der Waals surface area contributed by atoms with Crippen molar-refractivity contribution in [2.24, 2.45) is 0 Å². The molecule has 0 spiro atoms. The van der Waals surface area contributed by atoms with Crippen LogP contribution in [0.4, 0.5) is 4.79 Å². The molecule has 1 saturated heterocycles. The molecule has 23 heavy (non-hydrogen) atoms. The van der Waals surface area contributed by atoms with Crippen molar-refractivity contribution in [1.29, 1.82) is 0 Å². The molecule has 1 aliphatic carbocycles. The monoisotopic (exact) mass is 328 g/mol. The normalized spacial score (nSPS) is 22.0. The molecular weight excluding hydrogens is 300 g/mol. The number of carbonyl (C=O) groups is 2. The van der Waals surface area contributed by atoms with E-state index in [2.05, 4.69) is 5.32 Å². The number of hydrogen-bond donors (Lipinski definition) is 2. The Balaban J connectivity index is 1.92. The van der Waals surface area contributed by atoms with Gasteiger partial charge in [-0.3, -0.25) is 4.79 Å². The maximum atomic E-state index is 12.0. The van der Waals surface area contributed by atoms with Crippen LogP contribution in [0.1, 0.15) is 46.5 Å². The van der Waals surface area contributed by atoms with E-state index in [1.54, 1.807) is 12.0 Å². The number of carboxylic acid groups (broad SMARTS) is 1. The third-order valence-electron chi connectivity index (χ3n) is 4.61. The van der Waals surface area contributed by atoms with Crippen molar-refractivity contribution >= 4 is 12.1 Å². The van der Waals surface area contributed by atoms with Gasteiger partial charge in [-0.1, -0.05) is 0 Å². The molecule has 1 heterocycles. The highest BCUT2D eigenvalue weighted by molar-refractivity contribution is 5.73. The Labute approximate surface area is 137 Å². The summed E-state index contributed by atoms with van der Waals surface area (Å²) in [5.41, 5.74) is -1.33. The largest absolute Gasteiger partial charge is 0.481 e. The van der Waals surface area contributed by atoms with E-state index < -0.39 is 23.2 Å². The van der Waals surface area contributed by atoms with Crippen LogP contribution in [0.5, 0.6) is 0 Å². The number of hydrogen-bond acceptors (Lipinski definition) is 5. The number of carbonyl (C=O) groups excluding carboxylic acids is 1. The van der Waals surface area contributed by atoms with Gasteiger partial charge in [0.25, 0.3) is 0 Å². The fourth-order valence-electron chi connectivity index (χ4n) is 3.09. The van der Waals surface area contributed by atoms with Gasteiger partial charge in [0.15, 0.2) is 0 Å². The zero-order valence-corrected chi connectivity index (χ0v) is 14.5. The van der Waals surface area contributed by atoms with Crippen LogP contribution in [-0.2, 0) is 14.3 Å². The van der Waals surface area contributed by atoms with Crippen molar-refractivity contribution in [3.8, 4) is 0 Å². The summed E-state index contributed by atoms with van der Waals surface area (Å²) < 4.78 is 10.9. The summed E-state index contributed by atoms with van der Waals surface area (Å²) in [5, 5.41) is 12.5. The molecule has 7 heteroatoms. The van der Waals surface area contributed by atoms with Crippen molar-refractivity contribution in [2.45, 2.75) is 63.2 Å². The first-order chi connectivity index (χ1) is 10.6. The maximum absolute atomic E-state index is 12.0. The number of nitrogens with zero attached hydrogens (tertiary/aromatic N) is 1. The third-order valence-corrected chi connectivity index (χ3v) is 4.61. The predicted octanol–water partition coefficient (Wildman–Crippen LogP) is 1.61. The first-order valence-electron chi connectivity index (χ1n) is 8.09. The minimum Gasteiger partial charge on any atom is -0.481 e. The van der Waals surface area contributed by atoms with Crippen LogP contribution in [-0.4, -0.2) is 65.6 Å². The van der Waals surface area contributed by atoms with Gasteiger partial charge in [-0.05, 0) is 40.0 Å². The Kier molecular flexibility index (Phi) is 4.92. The Bertz CT molecular complexity index is 456. The topological polar surface area (TPSA) is 88.1 Å². The third kappa shape index (κ3) is 4.35. The molecule has 0 unspecified atom stereocenters. The quantitative estimate of drug-likeness (QED) is 0.770. The molecule has 0 atom stereocenters. The number of rotatable bonds is 6. The van der Waals surface area contributed by atoms with E-state index in [1.165, 1.54) is 0 Å². The molecular formula is C16H28N2O5. The van der Waals surface area contributed by atoms with E-state index in [0.717, 1.165) is 19.3 Å². The molecule has 2 rings (SSSR count). The van der Waals surface area contributed by atoms with Gasteiger partial charge < -0.3 is 24.8 Å². The summed E-state index contributed by atoms with van der Waals surface area (Å²) in [4.78, 5) is 24.8. The lowest BCUT2D eigenvalue weighted by molar-refractivity contribution is -0.142. The summed E-state index contributed by atoms with van der Waals surface area (Å²) in [6, 6.07) is 0. The average molecular weight is 328 g/mol. The first-order valence-corrected chi connectivity index (χ1v) is 8.09. The van der Waals surface area contributed by atoms with E-state index in [9.17, 15) is 14.7 Å². The summed E-state index contributed by atoms with van der Waals surface area (Å²) >= 11 is 0. The number of carboxylic acids is 1. The van der Waals surface area contributed by atoms with E-state index in [1.807, 2.05) is 20.8 Å². The second-order valence-electron chi connectivity index (χ2n) is 7.78. The van der Waals surface area contributed by atoms with Crippen LogP contribution in [0.25, 0.3) is 0 Å². The Morgan fingerprint density at radius 3 is 2.26 bits per heavy atom. The summed E-state index contributed by atoms with van der Waals surface area (Å²) in [6.45, 7) is 6.73. The molecule has 2 fully saturated rings. The molecule has 0 bridgehead atoms. The summed E-state index contributed by atoms with van der Waals surface area (Å²) in [5.74, 6) is -0.874. The molecule has 0 radical (unpaired) electrons. The molecule has 2 N–H and O–H groups in total. The number of aliphatic carboxylic acids is 1. The highest BCUT2D eigenvalue weighted by Gasteiger charge is 2.49. The zero-order valence-electron chi connectivity index (χ0n) is 14.5. The smallest absolute Gasteiger partial charge is 0.410 e. The molecule has 2 aliphatic rings. The Hall–Kier alpha value is -1.34. The van der Waals surface area contributed by atoms with Crippen LogP contribution in [0.2, 0.25) is 0 Å². The second kappa shape index (κ2) is 6.28. The SMILES string of the molecule is COC1(CNC2(CC(=O)O)CN(C(=O)OC(C)(C)C)C2)CCC1. The maximum Gasteiger partial charge on any atom is 0.410 e. The van der Waals surface area contributed by atoms with Crippen molar-refractivity contribution < 1.29 is 24.2 Å². The molecule has 1 saturated carbocycles. The number of ether oxygens (including phenoxy) is 2.